The van der Waals surface area contributed by atoms with Crippen LogP contribution in [0.2, 0.25) is 0 Å². The molecule has 0 unspecified atom stereocenters. The normalized spacial score (nSPS) is 16.6. The number of hydrogen-bond donors (Lipinski definition) is 3. The molecular weight excluding hydrogens is 278 g/mol. The first kappa shape index (κ1) is 16.6. The number of rotatable bonds is 5. The molecule has 5 heteroatoms. The van der Waals surface area contributed by atoms with Crippen LogP contribution in [0.25, 0.3) is 0 Å². The molecule has 0 radical (unpaired) electrons. The van der Waals surface area contributed by atoms with Gasteiger partial charge in [0.2, 0.25) is 0 Å². The lowest BCUT2D eigenvalue weighted by Crippen LogP contribution is -2.42. The van der Waals surface area contributed by atoms with Crippen LogP contribution in [0, 0.1) is 0 Å². The van der Waals surface area contributed by atoms with Gasteiger partial charge in [0.05, 0.1) is 5.60 Å². The van der Waals surface area contributed by atoms with Gasteiger partial charge in [0.15, 0.2) is 0 Å². The van der Waals surface area contributed by atoms with Crippen LogP contribution >= 0.6 is 0 Å². The Morgan fingerprint density at radius 2 is 2.05 bits per heavy atom. The number of aliphatic hydroxyl groups is 1. The number of hydrogen-bond acceptors (Lipinski definition) is 3. The van der Waals surface area contributed by atoms with E-state index < -0.39 is 5.60 Å². The van der Waals surface area contributed by atoms with E-state index in [4.69, 9.17) is 0 Å². The first-order valence-electron chi connectivity index (χ1n) is 8.00. The highest BCUT2D eigenvalue weighted by Crippen LogP contribution is 2.28. The Bertz CT molecular complexity index is 510. The molecule has 1 aliphatic rings. The number of carbonyl (C=O) groups excluding carboxylic acids is 1. The van der Waals surface area contributed by atoms with E-state index in [-0.39, 0.29) is 6.03 Å². The lowest BCUT2D eigenvalue weighted by molar-refractivity contribution is 0.0506. The first-order chi connectivity index (χ1) is 10.4. The molecule has 2 amide bonds. The Balaban J connectivity index is 1.90. The Hall–Kier alpha value is -1.75. The lowest BCUT2D eigenvalue weighted by atomic mass is 10.0. The number of urea groups is 1. The second-order valence-corrected chi connectivity index (χ2v) is 6.49. The third-order valence-electron chi connectivity index (χ3n) is 4.40. The molecule has 0 aromatic heterocycles. The van der Waals surface area contributed by atoms with Crippen molar-refractivity contribution < 1.29 is 9.90 Å². The molecule has 0 heterocycles. The maximum atomic E-state index is 12.0. The van der Waals surface area contributed by atoms with Crippen LogP contribution in [-0.4, -0.2) is 36.4 Å². The summed E-state index contributed by atoms with van der Waals surface area (Å²) in [5, 5.41) is 15.8. The van der Waals surface area contributed by atoms with Gasteiger partial charge in [-0.25, -0.2) is 4.79 Å². The number of amides is 2. The van der Waals surface area contributed by atoms with Crippen molar-refractivity contribution in [2.45, 2.75) is 51.2 Å². The molecule has 0 atom stereocenters. The van der Waals surface area contributed by atoms with Gasteiger partial charge in [-0.2, -0.15) is 0 Å². The number of nitrogens with zero attached hydrogens (tertiary/aromatic N) is 1. The molecule has 0 aliphatic heterocycles. The Kier molecular flexibility index (Phi) is 5.29. The molecule has 5 nitrogen and oxygen atoms in total. The van der Waals surface area contributed by atoms with Crippen molar-refractivity contribution >= 4 is 17.4 Å². The van der Waals surface area contributed by atoms with Gasteiger partial charge in [0.25, 0.3) is 0 Å². The quantitative estimate of drug-likeness (QED) is 0.783. The second kappa shape index (κ2) is 7.01. The summed E-state index contributed by atoms with van der Waals surface area (Å²) in [5.41, 5.74) is 1.08. The van der Waals surface area contributed by atoms with E-state index in [1.807, 2.05) is 31.3 Å². The summed E-state index contributed by atoms with van der Waals surface area (Å²) >= 11 is 0. The van der Waals surface area contributed by atoms with Crippen LogP contribution in [-0.2, 0) is 0 Å². The summed E-state index contributed by atoms with van der Waals surface area (Å²) in [5.74, 6) is 0. The maximum Gasteiger partial charge on any atom is 0.319 e. The van der Waals surface area contributed by atoms with E-state index >= 15 is 0 Å². The van der Waals surface area contributed by atoms with Crippen LogP contribution in [0.4, 0.5) is 16.2 Å². The molecule has 1 aromatic carbocycles. The van der Waals surface area contributed by atoms with E-state index in [2.05, 4.69) is 29.4 Å². The van der Waals surface area contributed by atoms with Crippen molar-refractivity contribution in [2.24, 2.45) is 0 Å². The zero-order valence-corrected chi connectivity index (χ0v) is 13.7. The van der Waals surface area contributed by atoms with E-state index in [9.17, 15) is 9.90 Å². The van der Waals surface area contributed by atoms with Gasteiger partial charge < -0.3 is 20.6 Å². The van der Waals surface area contributed by atoms with Crippen molar-refractivity contribution in [1.29, 1.82) is 0 Å². The minimum absolute atomic E-state index is 0.273. The Morgan fingerprint density at radius 1 is 1.36 bits per heavy atom. The van der Waals surface area contributed by atoms with Crippen molar-refractivity contribution in [1.82, 2.24) is 5.32 Å². The first-order valence-corrected chi connectivity index (χ1v) is 8.00. The topological polar surface area (TPSA) is 64.6 Å². The van der Waals surface area contributed by atoms with Crippen LogP contribution in [0.1, 0.15) is 39.5 Å². The van der Waals surface area contributed by atoms with Gasteiger partial charge in [-0.3, -0.25) is 0 Å². The number of benzene rings is 1. The molecular formula is C17H27N3O2. The predicted octanol–water partition coefficient (Wildman–Crippen LogP) is 2.96. The molecule has 0 bridgehead atoms. The Labute approximate surface area is 132 Å². The summed E-state index contributed by atoms with van der Waals surface area (Å²) in [7, 11) is 2.03. The van der Waals surface area contributed by atoms with E-state index in [1.165, 1.54) is 0 Å². The average Bonchev–Trinajstić information content (AvgIpc) is 2.92. The fourth-order valence-corrected chi connectivity index (χ4v) is 2.73. The van der Waals surface area contributed by atoms with Crippen LogP contribution in [0.15, 0.2) is 24.3 Å². The number of anilines is 2. The zero-order chi connectivity index (χ0) is 16.2. The molecule has 1 aromatic rings. The molecule has 1 aliphatic carbocycles. The molecule has 22 heavy (non-hydrogen) atoms. The molecule has 2 rings (SSSR count). The van der Waals surface area contributed by atoms with Crippen molar-refractivity contribution in [3.05, 3.63) is 24.3 Å². The van der Waals surface area contributed by atoms with Gasteiger partial charge >= 0.3 is 6.03 Å². The van der Waals surface area contributed by atoms with Crippen molar-refractivity contribution in [2.75, 3.05) is 23.8 Å². The van der Waals surface area contributed by atoms with Gasteiger partial charge in [0, 0.05) is 31.0 Å². The summed E-state index contributed by atoms with van der Waals surface area (Å²) in [6.45, 7) is 4.55. The summed E-state index contributed by atoms with van der Waals surface area (Å²) in [6, 6.07) is 7.87. The highest BCUT2D eigenvalue weighted by molar-refractivity contribution is 5.89. The van der Waals surface area contributed by atoms with Gasteiger partial charge in [0.1, 0.15) is 0 Å². The minimum atomic E-state index is -0.725. The number of carbonyl (C=O) groups is 1. The molecule has 3 N–H and O–H groups in total. The molecule has 0 spiro atoms. The molecule has 1 fully saturated rings. The average molecular weight is 305 g/mol. The second-order valence-electron chi connectivity index (χ2n) is 6.49. The monoisotopic (exact) mass is 305 g/mol. The number of nitrogens with one attached hydrogen (secondary N) is 2. The Morgan fingerprint density at radius 3 is 2.68 bits per heavy atom. The fourth-order valence-electron chi connectivity index (χ4n) is 2.73. The van der Waals surface area contributed by atoms with Crippen molar-refractivity contribution in [3.8, 4) is 0 Å². The summed E-state index contributed by atoms with van der Waals surface area (Å²) in [6.07, 6.45) is 3.59. The molecule has 0 saturated heterocycles. The third kappa shape index (κ3) is 4.37. The van der Waals surface area contributed by atoms with Crippen LogP contribution < -0.4 is 15.5 Å². The van der Waals surface area contributed by atoms with Gasteiger partial charge in [-0.1, -0.05) is 18.9 Å². The van der Waals surface area contributed by atoms with E-state index in [1.54, 1.807) is 0 Å². The summed E-state index contributed by atoms with van der Waals surface area (Å²) < 4.78 is 0. The maximum absolute atomic E-state index is 12.0. The van der Waals surface area contributed by atoms with Crippen LogP contribution in [0.5, 0.6) is 0 Å². The highest BCUT2D eigenvalue weighted by Gasteiger charge is 2.31. The van der Waals surface area contributed by atoms with E-state index in [0.717, 1.165) is 37.1 Å². The van der Waals surface area contributed by atoms with E-state index in [0.29, 0.717) is 12.6 Å². The van der Waals surface area contributed by atoms with Crippen molar-refractivity contribution in [3.63, 3.8) is 0 Å². The van der Waals surface area contributed by atoms with Gasteiger partial charge in [-0.05, 0) is 44.9 Å². The largest absolute Gasteiger partial charge is 0.388 e. The lowest BCUT2D eigenvalue weighted by Gasteiger charge is -2.24. The smallest absolute Gasteiger partial charge is 0.319 e. The third-order valence-corrected chi connectivity index (χ3v) is 4.40. The zero-order valence-electron chi connectivity index (χ0n) is 13.7. The standard InChI is InChI=1S/C17H27N3O2/c1-13(2)20(3)15-8-6-7-14(11-15)19-16(21)18-12-17(22)9-4-5-10-17/h6-8,11,13,22H,4-5,9-10,12H2,1-3H3,(H2,18,19,21). The highest BCUT2D eigenvalue weighted by atomic mass is 16.3. The minimum Gasteiger partial charge on any atom is -0.388 e. The van der Waals surface area contributed by atoms with Crippen LogP contribution in [0.3, 0.4) is 0 Å². The molecule has 1 saturated carbocycles. The fraction of sp³-hybridized carbons (Fsp3) is 0.588. The summed E-state index contributed by atoms with van der Waals surface area (Å²) in [4.78, 5) is 14.1. The molecule has 122 valence electrons. The predicted molar refractivity (Wildman–Crippen MR) is 90.4 cm³/mol. The van der Waals surface area contributed by atoms with Gasteiger partial charge in [-0.15, -0.1) is 0 Å². The SMILES string of the molecule is CC(C)N(C)c1cccc(NC(=O)NCC2(O)CCCC2)c1.